The lowest BCUT2D eigenvalue weighted by Gasteiger charge is -2.17. The fraction of sp³-hybridized carbons (Fsp3) is 0.500. The van der Waals surface area contributed by atoms with Crippen LogP contribution in [0.1, 0.15) is 36.8 Å². The molecule has 1 aromatic carbocycles. The summed E-state index contributed by atoms with van der Waals surface area (Å²) in [6.07, 6.45) is 6.69. The Morgan fingerprint density at radius 1 is 1.19 bits per heavy atom. The minimum Gasteiger partial charge on any atom is -0.385 e. The summed E-state index contributed by atoms with van der Waals surface area (Å²) in [5, 5.41) is 11.8. The second-order valence-corrected chi connectivity index (χ2v) is 4.38. The first kappa shape index (κ1) is 11.0. The van der Waals surface area contributed by atoms with Crippen molar-refractivity contribution in [2.75, 3.05) is 11.9 Å². The van der Waals surface area contributed by atoms with Crippen LogP contribution in [0.4, 0.5) is 5.69 Å². The normalized spacial score (nSPS) is 13.9. The highest BCUT2D eigenvalue weighted by molar-refractivity contribution is 5.49. The van der Waals surface area contributed by atoms with Crippen LogP contribution in [0.5, 0.6) is 0 Å². The molecule has 0 radical (unpaired) electrons. The molecule has 1 aliphatic rings. The Bertz CT molecular complexity index is 390. The van der Waals surface area contributed by atoms with Crippen molar-refractivity contribution in [2.45, 2.75) is 38.5 Å². The first-order valence-electron chi connectivity index (χ1n) is 6.13. The topological polar surface area (TPSA) is 35.8 Å². The highest BCUT2D eigenvalue weighted by Gasteiger charge is 2.08. The second kappa shape index (κ2) is 5.55. The van der Waals surface area contributed by atoms with Gasteiger partial charge in [-0.1, -0.05) is 6.07 Å². The number of unbranched alkanes of at least 4 members (excludes halogenated alkanes) is 1. The number of nitrogens with one attached hydrogen (secondary N) is 1. The molecule has 0 atom stereocenters. The number of nitriles is 1. The maximum atomic E-state index is 8.44. The third kappa shape index (κ3) is 2.76. The maximum Gasteiger partial charge on any atom is 0.0622 e. The second-order valence-electron chi connectivity index (χ2n) is 4.38. The van der Waals surface area contributed by atoms with Gasteiger partial charge in [0.05, 0.1) is 6.07 Å². The highest BCUT2D eigenvalue weighted by atomic mass is 14.9. The van der Waals surface area contributed by atoms with Gasteiger partial charge in [0.1, 0.15) is 0 Å². The molecule has 0 saturated heterocycles. The number of nitrogens with zero attached hydrogens (tertiary/aromatic N) is 1. The van der Waals surface area contributed by atoms with E-state index in [-0.39, 0.29) is 0 Å². The van der Waals surface area contributed by atoms with E-state index in [1.165, 1.54) is 42.5 Å². The minimum atomic E-state index is 0.637. The summed E-state index contributed by atoms with van der Waals surface area (Å²) in [4.78, 5) is 0. The molecule has 0 unspecified atom stereocenters. The van der Waals surface area contributed by atoms with Gasteiger partial charge in [0.25, 0.3) is 0 Å². The monoisotopic (exact) mass is 214 g/mol. The standard InChI is InChI=1S/C14H18N2/c15-9-3-4-10-16-14-8-7-12-5-1-2-6-13(12)11-14/h7-8,11,16H,1-6,10H2. The van der Waals surface area contributed by atoms with E-state index in [0.29, 0.717) is 6.42 Å². The molecule has 2 nitrogen and oxygen atoms in total. The predicted molar refractivity (Wildman–Crippen MR) is 66.4 cm³/mol. The molecule has 84 valence electrons. The van der Waals surface area contributed by atoms with Crippen molar-refractivity contribution in [1.82, 2.24) is 0 Å². The molecule has 0 aromatic heterocycles. The van der Waals surface area contributed by atoms with Gasteiger partial charge < -0.3 is 5.32 Å². The summed E-state index contributed by atoms with van der Waals surface area (Å²) in [5.74, 6) is 0. The van der Waals surface area contributed by atoms with Gasteiger partial charge in [-0.2, -0.15) is 5.26 Å². The Morgan fingerprint density at radius 3 is 2.81 bits per heavy atom. The molecule has 0 aliphatic heterocycles. The zero-order chi connectivity index (χ0) is 11.2. The number of fused-ring (bicyclic) bond motifs is 1. The minimum absolute atomic E-state index is 0.637. The van der Waals surface area contributed by atoms with Crippen molar-refractivity contribution >= 4 is 5.69 Å². The summed E-state index contributed by atoms with van der Waals surface area (Å²) >= 11 is 0. The van der Waals surface area contributed by atoms with Crippen molar-refractivity contribution < 1.29 is 0 Å². The average Bonchev–Trinajstić information content (AvgIpc) is 2.34. The quantitative estimate of drug-likeness (QED) is 0.781. The molecular formula is C14H18N2. The van der Waals surface area contributed by atoms with Crippen LogP contribution in [0, 0.1) is 11.3 Å². The van der Waals surface area contributed by atoms with E-state index in [2.05, 4.69) is 29.6 Å². The lowest BCUT2D eigenvalue weighted by Crippen LogP contribution is -2.05. The van der Waals surface area contributed by atoms with E-state index in [0.717, 1.165) is 13.0 Å². The molecule has 0 spiro atoms. The molecule has 0 saturated carbocycles. The molecular weight excluding hydrogens is 196 g/mol. The molecule has 0 amide bonds. The molecule has 1 aromatic rings. The van der Waals surface area contributed by atoms with Gasteiger partial charge in [0.15, 0.2) is 0 Å². The number of aryl methyl sites for hydroxylation is 2. The molecule has 0 heterocycles. The van der Waals surface area contributed by atoms with Gasteiger partial charge >= 0.3 is 0 Å². The van der Waals surface area contributed by atoms with Gasteiger partial charge in [-0.3, -0.25) is 0 Å². The van der Waals surface area contributed by atoms with Crippen LogP contribution in [0.3, 0.4) is 0 Å². The Morgan fingerprint density at radius 2 is 2.00 bits per heavy atom. The van der Waals surface area contributed by atoms with E-state index >= 15 is 0 Å². The van der Waals surface area contributed by atoms with Crippen molar-refractivity contribution in [3.8, 4) is 6.07 Å². The van der Waals surface area contributed by atoms with E-state index in [4.69, 9.17) is 5.26 Å². The Kier molecular flexibility index (Phi) is 3.82. The number of rotatable bonds is 4. The van der Waals surface area contributed by atoms with E-state index in [9.17, 15) is 0 Å². The Hall–Kier alpha value is -1.49. The number of hydrogen-bond donors (Lipinski definition) is 1. The fourth-order valence-corrected chi connectivity index (χ4v) is 2.24. The zero-order valence-electron chi connectivity index (χ0n) is 9.63. The molecule has 0 fully saturated rings. The predicted octanol–water partition coefficient (Wildman–Crippen LogP) is 3.28. The van der Waals surface area contributed by atoms with Crippen LogP contribution in [0.15, 0.2) is 18.2 Å². The summed E-state index contributed by atoms with van der Waals surface area (Å²) < 4.78 is 0. The Labute approximate surface area is 97.3 Å². The molecule has 1 aliphatic carbocycles. The van der Waals surface area contributed by atoms with Crippen LogP contribution < -0.4 is 5.32 Å². The van der Waals surface area contributed by atoms with Crippen LogP contribution in [0.25, 0.3) is 0 Å². The summed E-state index contributed by atoms with van der Waals surface area (Å²) in [6, 6.07) is 8.86. The fourth-order valence-electron chi connectivity index (χ4n) is 2.24. The van der Waals surface area contributed by atoms with Crippen molar-refractivity contribution in [1.29, 1.82) is 5.26 Å². The van der Waals surface area contributed by atoms with E-state index in [1.54, 1.807) is 0 Å². The zero-order valence-corrected chi connectivity index (χ0v) is 9.63. The van der Waals surface area contributed by atoms with Gasteiger partial charge in [-0.25, -0.2) is 0 Å². The molecule has 16 heavy (non-hydrogen) atoms. The number of hydrogen-bond acceptors (Lipinski definition) is 2. The van der Waals surface area contributed by atoms with E-state index in [1.807, 2.05) is 0 Å². The van der Waals surface area contributed by atoms with Gasteiger partial charge in [-0.05, 0) is 55.4 Å². The summed E-state index contributed by atoms with van der Waals surface area (Å²) in [7, 11) is 0. The SMILES string of the molecule is N#CCCCNc1ccc2c(c1)CCCC2. The first-order valence-corrected chi connectivity index (χ1v) is 6.13. The first-order chi connectivity index (χ1) is 7.90. The Balaban J connectivity index is 1.93. The van der Waals surface area contributed by atoms with Crippen LogP contribution in [-0.4, -0.2) is 6.54 Å². The summed E-state index contributed by atoms with van der Waals surface area (Å²) in [5.41, 5.74) is 4.24. The smallest absolute Gasteiger partial charge is 0.0622 e. The van der Waals surface area contributed by atoms with Crippen LogP contribution >= 0.6 is 0 Å². The number of anilines is 1. The molecule has 0 bridgehead atoms. The van der Waals surface area contributed by atoms with E-state index < -0.39 is 0 Å². The lowest BCUT2D eigenvalue weighted by atomic mass is 9.91. The van der Waals surface area contributed by atoms with Crippen molar-refractivity contribution in [3.05, 3.63) is 29.3 Å². The van der Waals surface area contributed by atoms with Gasteiger partial charge in [0, 0.05) is 18.7 Å². The van der Waals surface area contributed by atoms with Crippen molar-refractivity contribution in [2.24, 2.45) is 0 Å². The molecule has 2 rings (SSSR count). The van der Waals surface area contributed by atoms with Crippen LogP contribution in [-0.2, 0) is 12.8 Å². The van der Waals surface area contributed by atoms with Crippen molar-refractivity contribution in [3.63, 3.8) is 0 Å². The largest absolute Gasteiger partial charge is 0.385 e. The van der Waals surface area contributed by atoms with Gasteiger partial charge in [-0.15, -0.1) is 0 Å². The highest BCUT2D eigenvalue weighted by Crippen LogP contribution is 2.24. The molecule has 2 heteroatoms. The third-order valence-electron chi connectivity index (χ3n) is 3.14. The molecule has 1 N–H and O–H groups in total. The van der Waals surface area contributed by atoms with Crippen LogP contribution in [0.2, 0.25) is 0 Å². The maximum absolute atomic E-state index is 8.44. The number of benzene rings is 1. The summed E-state index contributed by atoms with van der Waals surface area (Å²) in [6.45, 7) is 0.895. The average molecular weight is 214 g/mol. The third-order valence-corrected chi connectivity index (χ3v) is 3.14. The lowest BCUT2D eigenvalue weighted by molar-refractivity contribution is 0.686. The van der Waals surface area contributed by atoms with Gasteiger partial charge in [0.2, 0.25) is 0 Å².